The van der Waals surface area contributed by atoms with Crippen LogP contribution in [0.4, 0.5) is 0 Å². The molecule has 3 aliphatic heterocycles. The summed E-state index contributed by atoms with van der Waals surface area (Å²) in [5, 5.41) is 3.52. The lowest BCUT2D eigenvalue weighted by Crippen LogP contribution is -2.53. The number of hydrogen-bond acceptors (Lipinski definition) is 3. The zero-order valence-corrected chi connectivity index (χ0v) is 16.8. The van der Waals surface area contributed by atoms with Crippen LogP contribution >= 0.6 is 24.8 Å². The van der Waals surface area contributed by atoms with E-state index >= 15 is 0 Å². The van der Waals surface area contributed by atoms with Gasteiger partial charge in [-0.3, -0.25) is 9.69 Å². The number of halogens is 2. The smallest absolute Gasteiger partial charge is 0.240 e. The second kappa shape index (κ2) is 10.2. The van der Waals surface area contributed by atoms with Gasteiger partial charge in [0.1, 0.15) is 0 Å². The van der Waals surface area contributed by atoms with Crippen LogP contribution in [0.2, 0.25) is 0 Å². The van der Waals surface area contributed by atoms with Gasteiger partial charge in [-0.25, -0.2) is 0 Å². The quantitative estimate of drug-likeness (QED) is 0.818. The first-order valence-corrected chi connectivity index (χ1v) is 9.40. The topological polar surface area (TPSA) is 35.6 Å². The molecule has 0 aromatic rings. The van der Waals surface area contributed by atoms with E-state index in [0.717, 1.165) is 51.1 Å². The molecule has 6 heteroatoms. The monoisotopic (exact) mass is 379 g/mol. The Morgan fingerprint density at radius 1 is 0.917 bits per heavy atom. The van der Waals surface area contributed by atoms with Crippen molar-refractivity contribution >= 4 is 30.7 Å². The minimum absolute atomic E-state index is 0. The number of amides is 1. The van der Waals surface area contributed by atoms with Crippen LogP contribution in [0.25, 0.3) is 0 Å². The van der Waals surface area contributed by atoms with Crippen molar-refractivity contribution in [1.29, 1.82) is 0 Å². The van der Waals surface area contributed by atoms with Crippen molar-refractivity contribution in [3.63, 3.8) is 0 Å². The number of hydrogen-bond donors (Lipinski definition) is 1. The molecule has 1 amide bonds. The molecule has 0 aliphatic carbocycles. The number of likely N-dealkylation sites (tertiary alicyclic amines) is 2. The van der Waals surface area contributed by atoms with Gasteiger partial charge in [0.15, 0.2) is 0 Å². The fraction of sp³-hybridized carbons (Fsp3) is 0.944. The Bertz CT molecular complexity index is 374. The number of piperidine rings is 1. The van der Waals surface area contributed by atoms with Gasteiger partial charge >= 0.3 is 0 Å². The lowest BCUT2D eigenvalue weighted by atomic mass is 9.92. The van der Waals surface area contributed by atoms with E-state index in [1.807, 2.05) is 0 Å². The zero-order valence-electron chi connectivity index (χ0n) is 15.2. The number of rotatable bonds is 3. The Morgan fingerprint density at radius 3 is 1.96 bits per heavy atom. The number of nitrogens with one attached hydrogen (secondary N) is 1. The molecule has 0 spiro atoms. The van der Waals surface area contributed by atoms with E-state index in [1.165, 1.54) is 32.1 Å². The zero-order chi connectivity index (χ0) is 15.5. The molecule has 3 rings (SSSR count). The number of nitrogens with zero attached hydrogens (tertiary/aromatic N) is 2. The molecule has 3 fully saturated rings. The fourth-order valence-electron chi connectivity index (χ4n) is 4.69. The van der Waals surface area contributed by atoms with Gasteiger partial charge in [-0.15, -0.1) is 24.8 Å². The van der Waals surface area contributed by atoms with Crippen molar-refractivity contribution in [2.45, 2.75) is 52.0 Å². The standard InChI is InChI=1S/C18H33N3O.2ClH/c1-14(2)17(20-8-4-3-5-9-20)18(22)21-10-6-15-12-19-13-16(15)7-11-21;;/h14-17,19H,3-13H2,1-2H3;2*1H/t15-,16+,17?;;. The molecule has 4 nitrogen and oxygen atoms in total. The van der Waals surface area contributed by atoms with Crippen LogP contribution in [0.15, 0.2) is 0 Å². The van der Waals surface area contributed by atoms with Gasteiger partial charge in [-0.05, 0) is 69.6 Å². The average molecular weight is 380 g/mol. The highest BCUT2D eigenvalue weighted by atomic mass is 35.5. The van der Waals surface area contributed by atoms with Crippen LogP contribution in [-0.2, 0) is 4.79 Å². The third-order valence-electron chi connectivity index (χ3n) is 6.00. The summed E-state index contributed by atoms with van der Waals surface area (Å²) >= 11 is 0. The van der Waals surface area contributed by atoms with Gasteiger partial charge in [0, 0.05) is 13.1 Å². The van der Waals surface area contributed by atoms with Gasteiger partial charge in [0.25, 0.3) is 0 Å². The largest absolute Gasteiger partial charge is 0.341 e. The highest BCUT2D eigenvalue weighted by molar-refractivity contribution is 5.85. The minimum Gasteiger partial charge on any atom is -0.341 e. The maximum Gasteiger partial charge on any atom is 0.240 e. The van der Waals surface area contributed by atoms with E-state index in [2.05, 4.69) is 29.0 Å². The van der Waals surface area contributed by atoms with Crippen LogP contribution in [-0.4, -0.2) is 61.0 Å². The molecule has 0 aromatic carbocycles. The lowest BCUT2D eigenvalue weighted by Gasteiger charge is -2.38. The second-order valence-electron chi connectivity index (χ2n) is 7.87. The summed E-state index contributed by atoms with van der Waals surface area (Å²) in [7, 11) is 0. The summed E-state index contributed by atoms with van der Waals surface area (Å²) in [6.07, 6.45) is 6.22. The SMILES string of the molecule is CC(C)C(C(=O)N1CC[C@@H]2CNC[C@@H]2CC1)N1CCCCC1.Cl.Cl. The van der Waals surface area contributed by atoms with E-state index in [1.54, 1.807) is 0 Å². The molecule has 3 heterocycles. The highest BCUT2D eigenvalue weighted by Gasteiger charge is 2.36. The van der Waals surface area contributed by atoms with Crippen molar-refractivity contribution in [1.82, 2.24) is 15.1 Å². The Kier molecular flexibility index (Phi) is 9.35. The Hall–Kier alpha value is -0.0300. The molecule has 3 aliphatic rings. The maximum absolute atomic E-state index is 13.2. The van der Waals surface area contributed by atoms with Crippen molar-refractivity contribution in [2.75, 3.05) is 39.3 Å². The maximum atomic E-state index is 13.2. The first kappa shape index (κ1) is 22.0. The van der Waals surface area contributed by atoms with Crippen LogP contribution in [0.3, 0.4) is 0 Å². The average Bonchev–Trinajstić information content (AvgIpc) is 2.86. The number of fused-ring (bicyclic) bond motifs is 1. The molecule has 3 saturated heterocycles. The summed E-state index contributed by atoms with van der Waals surface area (Å²) in [6.45, 7) is 10.9. The predicted octanol–water partition coefficient (Wildman–Crippen LogP) is 2.80. The number of carbonyl (C=O) groups excluding carboxylic acids is 1. The van der Waals surface area contributed by atoms with Crippen molar-refractivity contribution in [2.24, 2.45) is 17.8 Å². The minimum atomic E-state index is 0. The molecule has 3 atom stereocenters. The summed E-state index contributed by atoms with van der Waals surface area (Å²) in [4.78, 5) is 17.8. The molecule has 1 N–H and O–H groups in total. The highest BCUT2D eigenvalue weighted by Crippen LogP contribution is 2.28. The predicted molar refractivity (Wildman–Crippen MR) is 104 cm³/mol. The third-order valence-corrected chi connectivity index (χ3v) is 6.00. The molecular weight excluding hydrogens is 345 g/mol. The van der Waals surface area contributed by atoms with E-state index < -0.39 is 0 Å². The van der Waals surface area contributed by atoms with Crippen molar-refractivity contribution in [3.05, 3.63) is 0 Å². The Balaban J connectivity index is 0.00000144. The summed E-state index contributed by atoms with van der Waals surface area (Å²) < 4.78 is 0. The molecule has 0 aromatic heterocycles. The van der Waals surface area contributed by atoms with Gasteiger partial charge < -0.3 is 10.2 Å². The van der Waals surface area contributed by atoms with Crippen LogP contribution in [0.1, 0.15) is 46.0 Å². The van der Waals surface area contributed by atoms with E-state index in [0.29, 0.717) is 11.8 Å². The Labute approximate surface area is 159 Å². The Morgan fingerprint density at radius 2 is 1.46 bits per heavy atom. The molecule has 0 bridgehead atoms. The molecule has 1 unspecified atom stereocenters. The van der Waals surface area contributed by atoms with Crippen LogP contribution in [0.5, 0.6) is 0 Å². The van der Waals surface area contributed by atoms with Crippen LogP contribution < -0.4 is 5.32 Å². The third kappa shape index (κ3) is 5.00. The molecular formula is C18H35Cl2N3O. The van der Waals surface area contributed by atoms with Crippen LogP contribution in [0, 0.1) is 17.8 Å². The molecule has 0 saturated carbocycles. The summed E-state index contributed by atoms with van der Waals surface area (Å²) in [5.74, 6) is 2.41. The normalized spacial score (nSPS) is 29.2. The van der Waals surface area contributed by atoms with Gasteiger partial charge in [0.2, 0.25) is 5.91 Å². The first-order valence-electron chi connectivity index (χ1n) is 9.40. The van der Waals surface area contributed by atoms with E-state index in [9.17, 15) is 4.79 Å². The summed E-state index contributed by atoms with van der Waals surface area (Å²) in [6, 6.07) is 0.108. The second-order valence-corrected chi connectivity index (χ2v) is 7.87. The van der Waals surface area contributed by atoms with E-state index in [-0.39, 0.29) is 30.9 Å². The van der Waals surface area contributed by atoms with Crippen molar-refractivity contribution < 1.29 is 4.79 Å². The van der Waals surface area contributed by atoms with Gasteiger partial charge in [0.05, 0.1) is 6.04 Å². The van der Waals surface area contributed by atoms with E-state index in [4.69, 9.17) is 0 Å². The lowest BCUT2D eigenvalue weighted by molar-refractivity contribution is -0.139. The van der Waals surface area contributed by atoms with Crippen molar-refractivity contribution in [3.8, 4) is 0 Å². The van der Waals surface area contributed by atoms with Gasteiger partial charge in [-0.1, -0.05) is 20.3 Å². The fourth-order valence-corrected chi connectivity index (χ4v) is 4.69. The van der Waals surface area contributed by atoms with Gasteiger partial charge in [-0.2, -0.15) is 0 Å². The first-order chi connectivity index (χ1) is 10.7. The summed E-state index contributed by atoms with van der Waals surface area (Å²) in [5.41, 5.74) is 0. The molecule has 142 valence electrons. The number of carbonyl (C=O) groups is 1. The molecule has 24 heavy (non-hydrogen) atoms. The molecule has 0 radical (unpaired) electrons.